The first-order chi connectivity index (χ1) is 8.36. The minimum atomic E-state index is 0.0666. The Morgan fingerprint density at radius 3 is 2.59 bits per heavy atom. The maximum absolute atomic E-state index is 11.8. The molecule has 1 N–H and O–H groups in total. The maximum atomic E-state index is 11.8. The third kappa shape index (κ3) is 3.70. The van der Waals surface area contributed by atoms with Crippen molar-refractivity contribution < 1.29 is 4.79 Å². The van der Waals surface area contributed by atoms with Gasteiger partial charge in [0.25, 0.3) is 0 Å². The number of nitrogens with one attached hydrogen (secondary N) is 1. The third-order valence-corrected chi connectivity index (χ3v) is 3.16. The molecule has 0 heterocycles. The van der Waals surface area contributed by atoms with E-state index >= 15 is 0 Å². The minimum absolute atomic E-state index is 0.0666. The number of rotatable bonds is 3. The first kappa shape index (κ1) is 11.8. The van der Waals surface area contributed by atoms with Crippen molar-refractivity contribution in [3.63, 3.8) is 0 Å². The van der Waals surface area contributed by atoms with Gasteiger partial charge >= 0.3 is 0 Å². The Balaban J connectivity index is 1.81. The normalized spacial score (nSPS) is 17.2. The molecule has 3 nitrogen and oxygen atoms in total. The molecule has 1 aromatic rings. The van der Waals surface area contributed by atoms with Crippen LogP contribution in [0.15, 0.2) is 35.4 Å². The van der Waals surface area contributed by atoms with Gasteiger partial charge in [-0.25, -0.2) is 5.43 Å². The Kier molecular flexibility index (Phi) is 4.30. The molecule has 0 spiro atoms. The lowest BCUT2D eigenvalue weighted by Gasteiger charge is -2.19. The van der Waals surface area contributed by atoms with Gasteiger partial charge < -0.3 is 0 Å². The van der Waals surface area contributed by atoms with Crippen LogP contribution in [-0.4, -0.2) is 12.1 Å². The van der Waals surface area contributed by atoms with E-state index in [4.69, 9.17) is 0 Å². The predicted molar refractivity (Wildman–Crippen MR) is 68.8 cm³/mol. The highest BCUT2D eigenvalue weighted by Gasteiger charge is 2.20. The van der Waals surface area contributed by atoms with E-state index in [1.165, 1.54) is 19.3 Å². The van der Waals surface area contributed by atoms with E-state index in [2.05, 4.69) is 10.5 Å². The second-order valence-corrected chi connectivity index (χ2v) is 4.48. The molecule has 0 bridgehead atoms. The Hall–Kier alpha value is -1.64. The molecule has 90 valence electrons. The summed E-state index contributed by atoms with van der Waals surface area (Å²) in [6.07, 6.45) is 7.29. The molecule has 1 amide bonds. The van der Waals surface area contributed by atoms with Crippen LogP contribution in [0.3, 0.4) is 0 Å². The smallest absolute Gasteiger partial charge is 0.243 e. The zero-order valence-electron chi connectivity index (χ0n) is 9.93. The summed E-state index contributed by atoms with van der Waals surface area (Å²) in [6, 6.07) is 9.76. The SMILES string of the molecule is O=C(N/N=C\c1ccccc1)C1CCCCC1. The van der Waals surface area contributed by atoms with E-state index in [-0.39, 0.29) is 11.8 Å². The van der Waals surface area contributed by atoms with Crippen molar-refractivity contribution in [3.8, 4) is 0 Å². The van der Waals surface area contributed by atoms with Crippen LogP contribution in [0.2, 0.25) is 0 Å². The van der Waals surface area contributed by atoms with E-state index in [0.29, 0.717) is 0 Å². The van der Waals surface area contributed by atoms with Crippen molar-refractivity contribution in [2.75, 3.05) is 0 Å². The van der Waals surface area contributed by atoms with E-state index in [1.807, 2.05) is 30.3 Å². The average Bonchev–Trinajstić information content (AvgIpc) is 2.41. The van der Waals surface area contributed by atoms with Gasteiger partial charge in [-0.05, 0) is 18.4 Å². The molecule has 1 aliphatic rings. The molecule has 17 heavy (non-hydrogen) atoms. The number of hydrogen-bond donors (Lipinski definition) is 1. The quantitative estimate of drug-likeness (QED) is 0.629. The van der Waals surface area contributed by atoms with Gasteiger partial charge in [-0.15, -0.1) is 0 Å². The van der Waals surface area contributed by atoms with Crippen molar-refractivity contribution in [2.24, 2.45) is 11.0 Å². The van der Waals surface area contributed by atoms with Crippen molar-refractivity contribution in [3.05, 3.63) is 35.9 Å². The van der Waals surface area contributed by atoms with Crippen molar-refractivity contribution in [2.45, 2.75) is 32.1 Å². The van der Waals surface area contributed by atoms with Crippen LogP contribution in [0.25, 0.3) is 0 Å². The van der Waals surface area contributed by atoms with Crippen LogP contribution < -0.4 is 5.43 Å². The van der Waals surface area contributed by atoms with E-state index in [1.54, 1.807) is 6.21 Å². The van der Waals surface area contributed by atoms with E-state index < -0.39 is 0 Å². The fourth-order valence-corrected chi connectivity index (χ4v) is 2.17. The van der Waals surface area contributed by atoms with Crippen LogP contribution >= 0.6 is 0 Å². The number of benzene rings is 1. The maximum Gasteiger partial charge on any atom is 0.243 e. The van der Waals surface area contributed by atoms with Gasteiger partial charge in [0.15, 0.2) is 0 Å². The summed E-state index contributed by atoms with van der Waals surface area (Å²) in [5, 5.41) is 3.99. The molecular formula is C14H18N2O. The molecule has 0 unspecified atom stereocenters. The molecule has 3 heteroatoms. The van der Waals surface area contributed by atoms with Gasteiger partial charge in [-0.3, -0.25) is 4.79 Å². The van der Waals surface area contributed by atoms with Crippen LogP contribution in [0.5, 0.6) is 0 Å². The zero-order chi connectivity index (χ0) is 11.9. The number of amides is 1. The molecule has 0 aliphatic heterocycles. The van der Waals surface area contributed by atoms with Gasteiger partial charge in [-0.1, -0.05) is 49.6 Å². The summed E-state index contributed by atoms with van der Waals surface area (Å²) in [4.78, 5) is 11.8. The molecule has 0 atom stereocenters. The fourth-order valence-electron chi connectivity index (χ4n) is 2.17. The van der Waals surface area contributed by atoms with Crippen LogP contribution in [0.4, 0.5) is 0 Å². The number of carbonyl (C=O) groups is 1. The second-order valence-electron chi connectivity index (χ2n) is 4.48. The topological polar surface area (TPSA) is 41.5 Å². The number of hydrogen-bond acceptors (Lipinski definition) is 2. The highest BCUT2D eigenvalue weighted by Crippen LogP contribution is 2.23. The second kappa shape index (κ2) is 6.18. The van der Waals surface area contributed by atoms with E-state index in [9.17, 15) is 4.79 Å². The molecule has 1 fully saturated rings. The molecule has 0 aromatic heterocycles. The number of carbonyl (C=O) groups excluding carboxylic acids is 1. The summed E-state index contributed by atoms with van der Waals surface area (Å²) < 4.78 is 0. The predicted octanol–water partition coefficient (Wildman–Crippen LogP) is 2.72. The monoisotopic (exact) mass is 230 g/mol. The molecular weight excluding hydrogens is 212 g/mol. The number of nitrogens with zero attached hydrogens (tertiary/aromatic N) is 1. The highest BCUT2D eigenvalue weighted by molar-refractivity contribution is 5.83. The first-order valence-corrected chi connectivity index (χ1v) is 6.24. The Morgan fingerprint density at radius 1 is 1.18 bits per heavy atom. The van der Waals surface area contributed by atoms with E-state index in [0.717, 1.165) is 18.4 Å². The molecule has 2 rings (SSSR count). The summed E-state index contributed by atoms with van der Waals surface area (Å²) in [5.74, 6) is 0.230. The van der Waals surface area contributed by atoms with Gasteiger partial charge in [0, 0.05) is 5.92 Å². The minimum Gasteiger partial charge on any atom is -0.273 e. The Labute approximate surface area is 102 Å². The number of hydrazone groups is 1. The standard InChI is InChI=1S/C14H18N2O/c17-14(13-9-5-2-6-10-13)16-15-11-12-7-3-1-4-8-12/h1,3-4,7-8,11,13H,2,5-6,9-10H2,(H,16,17)/b15-11-. The van der Waals surface area contributed by atoms with Crippen molar-refractivity contribution in [1.29, 1.82) is 0 Å². The highest BCUT2D eigenvalue weighted by atomic mass is 16.2. The lowest BCUT2D eigenvalue weighted by atomic mass is 9.89. The van der Waals surface area contributed by atoms with Gasteiger partial charge in [-0.2, -0.15) is 5.10 Å². The molecule has 1 aromatic carbocycles. The zero-order valence-corrected chi connectivity index (χ0v) is 9.93. The fraction of sp³-hybridized carbons (Fsp3) is 0.429. The molecule has 1 aliphatic carbocycles. The van der Waals surface area contributed by atoms with Gasteiger partial charge in [0.1, 0.15) is 0 Å². The van der Waals surface area contributed by atoms with Crippen LogP contribution in [-0.2, 0) is 4.79 Å². The largest absolute Gasteiger partial charge is 0.273 e. The average molecular weight is 230 g/mol. The first-order valence-electron chi connectivity index (χ1n) is 6.24. The van der Waals surface area contributed by atoms with Crippen LogP contribution in [0, 0.1) is 5.92 Å². The van der Waals surface area contributed by atoms with Crippen molar-refractivity contribution in [1.82, 2.24) is 5.43 Å². The lowest BCUT2D eigenvalue weighted by molar-refractivity contribution is -0.125. The summed E-state index contributed by atoms with van der Waals surface area (Å²) in [6.45, 7) is 0. The van der Waals surface area contributed by atoms with Gasteiger partial charge in [0.2, 0.25) is 5.91 Å². The molecule has 0 saturated heterocycles. The Morgan fingerprint density at radius 2 is 1.88 bits per heavy atom. The third-order valence-electron chi connectivity index (χ3n) is 3.16. The lowest BCUT2D eigenvalue weighted by Crippen LogP contribution is -2.28. The van der Waals surface area contributed by atoms with Gasteiger partial charge in [0.05, 0.1) is 6.21 Å². The summed E-state index contributed by atoms with van der Waals surface area (Å²) >= 11 is 0. The Bertz CT molecular complexity index is 380. The summed E-state index contributed by atoms with van der Waals surface area (Å²) in [7, 11) is 0. The van der Waals surface area contributed by atoms with Crippen molar-refractivity contribution >= 4 is 12.1 Å². The summed E-state index contributed by atoms with van der Waals surface area (Å²) in [5.41, 5.74) is 3.63. The molecule has 0 radical (unpaired) electrons. The van der Waals surface area contributed by atoms with Crippen LogP contribution in [0.1, 0.15) is 37.7 Å². The molecule has 1 saturated carbocycles.